The van der Waals surface area contributed by atoms with Crippen molar-refractivity contribution < 1.29 is 9.47 Å². The molecule has 0 unspecified atom stereocenters. The van der Waals surface area contributed by atoms with Gasteiger partial charge in [0.2, 0.25) is 0 Å². The largest absolute Gasteiger partial charge is 0.381 e. The van der Waals surface area contributed by atoms with Crippen molar-refractivity contribution in [2.24, 2.45) is 10.9 Å². The van der Waals surface area contributed by atoms with E-state index in [1.807, 2.05) is 0 Å². The Morgan fingerprint density at radius 3 is 2.50 bits per heavy atom. The fourth-order valence-electron chi connectivity index (χ4n) is 2.22. The Labute approximate surface area is 165 Å². The van der Waals surface area contributed by atoms with Crippen LogP contribution in [0.15, 0.2) is 4.99 Å². The van der Waals surface area contributed by atoms with Crippen LogP contribution in [0.3, 0.4) is 0 Å². The number of halogens is 1. The predicted octanol–water partition coefficient (Wildman–Crippen LogP) is 1.94. The van der Waals surface area contributed by atoms with Crippen LogP contribution in [0.5, 0.6) is 0 Å². The summed E-state index contributed by atoms with van der Waals surface area (Å²) in [7, 11) is 5.99. The summed E-state index contributed by atoms with van der Waals surface area (Å²) in [5.41, 5.74) is 0.0877. The van der Waals surface area contributed by atoms with Crippen LogP contribution in [0.4, 0.5) is 0 Å². The zero-order chi connectivity index (χ0) is 17.1. The van der Waals surface area contributed by atoms with Gasteiger partial charge in [-0.15, -0.1) is 24.0 Å². The number of hydrogen-bond donors (Lipinski definition) is 2. The molecule has 1 saturated heterocycles. The maximum atomic E-state index is 5.77. The molecule has 144 valence electrons. The topological polar surface area (TPSA) is 58.1 Å². The van der Waals surface area contributed by atoms with Gasteiger partial charge < -0.3 is 25.0 Å². The van der Waals surface area contributed by atoms with Crippen molar-refractivity contribution in [3.63, 3.8) is 0 Å². The molecule has 0 spiro atoms. The van der Waals surface area contributed by atoms with Crippen molar-refractivity contribution in [2.45, 2.75) is 38.6 Å². The molecule has 1 aliphatic heterocycles. The summed E-state index contributed by atoms with van der Waals surface area (Å²) in [4.78, 5) is 6.47. The first-order valence-corrected chi connectivity index (χ1v) is 8.73. The van der Waals surface area contributed by atoms with Crippen molar-refractivity contribution in [1.82, 2.24) is 15.5 Å². The van der Waals surface area contributed by atoms with E-state index in [0.29, 0.717) is 5.92 Å². The SMILES string of the molecule is CN=C(NCCCOCC1CCOCC1)NCC(C)(C)N(C)C.I. The summed E-state index contributed by atoms with van der Waals surface area (Å²) in [6.07, 6.45) is 3.26. The molecule has 24 heavy (non-hydrogen) atoms. The minimum absolute atomic E-state index is 0. The molecule has 1 aliphatic rings. The third kappa shape index (κ3) is 10.0. The van der Waals surface area contributed by atoms with Crippen LogP contribution in [0.25, 0.3) is 0 Å². The van der Waals surface area contributed by atoms with Gasteiger partial charge in [-0.25, -0.2) is 0 Å². The molecule has 0 radical (unpaired) electrons. The molecule has 1 fully saturated rings. The summed E-state index contributed by atoms with van der Waals surface area (Å²) >= 11 is 0. The maximum Gasteiger partial charge on any atom is 0.191 e. The van der Waals surface area contributed by atoms with Gasteiger partial charge in [0.1, 0.15) is 0 Å². The molecule has 0 aliphatic carbocycles. The van der Waals surface area contributed by atoms with Gasteiger partial charge in [0, 0.05) is 52.1 Å². The van der Waals surface area contributed by atoms with Crippen molar-refractivity contribution in [1.29, 1.82) is 0 Å². The number of guanidine groups is 1. The highest BCUT2D eigenvalue weighted by molar-refractivity contribution is 14.0. The average Bonchev–Trinajstić information content (AvgIpc) is 2.54. The molecular formula is C17H37IN4O2. The summed E-state index contributed by atoms with van der Waals surface area (Å²) < 4.78 is 11.1. The molecule has 0 aromatic carbocycles. The van der Waals surface area contributed by atoms with Gasteiger partial charge in [-0.05, 0) is 53.1 Å². The Bertz CT molecular complexity index is 345. The molecule has 0 atom stereocenters. The van der Waals surface area contributed by atoms with Crippen LogP contribution in [-0.4, -0.2) is 77.1 Å². The molecule has 1 rings (SSSR count). The van der Waals surface area contributed by atoms with Crippen molar-refractivity contribution >= 4 is 29.9 Å². The first-order valence-electron chi connectivity index (χ1n) is 8.73. The van der Waals surface area contributed by atoms with Gasteiger partial charge >= 0.3 is 0 Å². The maximum absolute atomic E-state index is 5.77. The lowest BCUT2D eigenvalue weighted by molar-refractivity contribution is 0.0203. The summed E-state index contributed by atoms with van der Waals surface area (Å²) in [5.74, 6) is 1.53. The second-order valence-corrected chi connectivity index (χ2v) is 7.04. The number of hydrogen-bond acceptors (Lipinski definition) is 4. The van der Waals surface area contributed by atoms with Crippen molar-refractivity contribution in [2.75, 3.05) is 60.7 Å². The predicted molar refractivity (Wildman–Crippen MR) is 112 cm³/mol. The molecule has 0 bridgehead atoms. The Morgan fingerprint density at radius 2 is 1.92 bits per heavy atom. The first-order chi connectivity index (χ1) is 11.0. The highest BCUT2D eigenvalue weighted by Crippen LogP contribution is 2.14. The number of nitrogens with zero attached hydrogens (tertiary/aromatic N) is 2. The second kappa shape index (κ2) is 13.1. The van der Waals surface area contributed by atoms with Gasteiger partial charge in [0.25, 0.3) is 0 Å². The average molecular weight is 456 g/mol. The number of rotatable bonds is 9. The quantitative estimate of drug-likeness (QED) is 0.241. The van der Waals surface area contributed by atoms with E-state index >= 15 is 0 Å². The van der Waals surface area contributed by atoms with Gasteiger partial charge in [-0.1, -0.05) is 0 Å². The van der Waals surface area contributed by atoms with Crippen LogP contribution in [0, 0.1) is 5.92 Å². The summed E-state index contributed by atoms with van der Waals surface area (Å²) in [5, 5.41) is 6.72. The van der Waals surface area contributed by atoms with E-state index < -0.39 is 0 Å². The third-order valence-electron chi connectivity index (χ3n) is 4.58. The normalized spacial score (nSPS) is 16.8. The lowest BCUT2D eigenvalue weighted by atomic mass is 10.0. The number of likely N-dealkylation sites (N-methyl/N-ethyl adjacent to an activating group) is 1. The second-order valence-electron chi connectivity index (χ2n) is 7.04. The van der Waals surface area contributed by atoms with E-state index in [0.717, 1.165) is 64.7 Å². The van der Waals surface area contributed by atoms with Crippen LogP contribution in [0.2, 0.25) is 0 Å². The van der Waals surface area contributed by atoms with E-state index in [9.17, 15) is 0 Å². The van der Waals surface area contributed by atoms with Gasteiger partial charge in [0.05, 0.1) is 0 Å². The molecule has 1 heterocycles. The highest BCUT2D eigenvalue weighted by atomic mass is 127. The van der Waals surface area contributed by atoms with Gasteiger partial charge in [-0.2, -0.15) is 0 Å². The molecule has 6 nitrogen and oxygen atoms in total. The van der Waals surface area contributed by atoms with Crippen LogP contribution in [0.1, 0.15) is 33.1 Å². The number of ether oxygens (including phenoxy) is 2. The molecule has 0 amide bonds. The van der Waals surface area contributed by atoms with E-state index in [-0.39, 0.29) is 29.5 Å². The lowest BCUT2D eigenvalue weighted by Crippen LogP contribution is -2.51. The summed E-state index contributed by atoms with van der Waals surface area (Å²) in [6, 6.07) is 0. The standard InChI is InChI=1S/C17H36N4O2.HI/c1-17(2,21(4)5)14-20-16(18-3)19-9-6-10-23-13-15-7-11-22-12-8-15;/h15H,6-14H2,1-5H3,(H2,18,19,20);1H. The number of nitrogens with one attached hydrogen (secondary N) is 2. The minimum Gasteiger partial charge on any atom is -0.381 e. The fourth-order valence-corrected chi connectivity index (χ4v) is 2.22. The van der Waals surface area contributed by atoms with E-state index in [1.54, 1.807) is 7.05 Å². The number of aliphatic imine (C=N–C) groups is 1. The molecule has 0 aromatic heterocycles. The Morgan fingerprint density at radius 1 is 1.25 bits per heavy atom. The minimum atomic E-state index is 0. The Kier molecular flexibility index (Phi) is 13.1. The van der Waals surface area contributed by atoms with E-state index in [1.165, 1.54) is 0 Å². The molecule has 7 heteroatoms. The van der Waals surface area contributed by atoms with E-state index in [4.69, 9.17) is 9.47 Å². The van der Waals surface area contributed by atoms with Gasteiger partial charge in [-0.3, -0.25) is 4.99 Å². The van der Waals surface area contributed by atoms with Crippen molar-refractivity contribution in [3.8, 4) is 0 Å². The van der Waals surface area contributed by atoms with Crippen molar-refractivity contribution in [3.05, 3.63) is 0 Å². The first kappa shape index (κ1) is 23.9. The summed E-state index contributed by atoms with van der Waals surface area (Å²) in [6.45, 7) is 9.57. The smallest absolute Gasteiger partial charge is 0.191 e. The highest BCUT2D eigenvalue weighted by Gasteiger charge is 2.20. The van der Waals surface area contributed by atoms with Crippen LogP contribution >= 0.6 is 24.0 Å². The van der Waals surface area contributed by atoms with Gasteiger partial charge in [0.15, 0.2) is 5.96 Å². The molecule has 2 N–H and O–H groups in total. The molecule has 0 aromatic rings. The van der Waals surface area contributed by atoms with Crippen LogP contribution < -0.4 is 10.6 Å². The zero-order valence-electron chi connectivity index (χ0n) is 16.1. The monoisotopic (exact) mass is 456 g/mol. The van der Waals surface area contributed by atoms with Crippen LogP contribution in [-0.2, 0) is 9.47 Å². The fraction of sp³-hybridized carbons (Fsp3) is 0.941. The molecular weight excluding hydrogens is 419 g/mol. The Hall–Kier alpha value is -0.120. The van der Waals surface area contributed by atoms with E-state index in [2.05, 4.69) is 48.5 Å². The molecule has 0 saturated carbocycles. The lowest BCUT2D eigenvalue weighted by Gasteiger charge is -2.33. The third-order valence-corrected chi connectivity index (χ3v) is 4.58. The Balaban J connectivity index is 0.00000529. The zero-order valence-corrected chi connectivity index (χ0v) is 18.4.